The van der Waals surface area contributed by atoms with Gasteiger partial charge < -0.3 is 9.52 Å². The normalized spacial score (nSPS) is 16.0. The van der Waals surface area contributed by atoms with Gasteiger partial charge in [-0.3, -0.25) is 15.0 Å². The molecule has 8 heteroatoms. The number of carbonyl (C=O) groups is 3. The lowest BCUT2D eigenvalue weighted by Crippen LogP contribution is -2.35. The zero-order valence-corrected chi connectivity index (χ0v) is 13.6. The molecule has 0 bridgehead atoms. The lowest BCUT2D eigenvalue weighted by molar-refractivity contribution is -0.117. The molecule has 1 saturated heterocycles. The Morgan fingerprint density at radius 2 is 1.87 bits per heavy atom. The van der Waals surface area contributed by atoms with Crippen LogP contribution in [0.5, 0.6) is 0 Å². The van der Waals surface area contributed by atoms with E-state index in [0.717, 1.165) is 8.58 Å². The van der Waals surface area contributed by atoms with Crippen molar-refractivity contribution < 1.29 is 23.9 Å². The Balaban J connectivity index is 1.90. The first-order valence-electron chi connectivity index (χ1n) is 6.41. The number of anilines is 1. The van der Waals surface area contributed by atoms with Crippen LogP contribution in [0.3, 0.4) is 0 Å². The van der Waals surface area contributed by atoms with Gasteiger partial charge in [0.05, 0.1) is 5.69 Å². The van der Waals surface area contributed by atoms with Crippen LogP contribution in [0, 0.1) is 3.57 Å². The Bertz CT molecular complexity index is 838. The summed E-state index contributed by atoms with van der Waals surface area (Å²) >= 11 is 2.13. The highest BCUT2D eigenvalue weighted by Crippen LogP contribution is 2.22. The van der Waals surface area contributed by atoms with Gasteiger partial charge >= 0.3 is 5.97 Å². The van der Waals surface area contributed by atoms with Gasteiger partial charge in [0.1, 0.15) is 11.3 Å². The van der Waals surface area contributed by atoms with Gasteiger partial charge in [-0.15, -0.1) is 0 Å². The van der Waals surface area contributed by atoms with Gasteiger partial charge in [0.15, 0.2) is 0 Å². The molecule has 7 nitrogen and oxygen atoms in total. The van der Waals surface area contributed by atoms with E-state index in [4.69, 9.17) is 9.52 Å². The monoisotopic (exact) mass is 424 g/mol. The van der Waals surface area contributed by atoms with Gasteiger partial charge in [-0.05, 0) is 65.1 Å². The van der Waals surface area contributed by atoms with E-state index in [1.807, 2.05) is 12.1 Å². The topological polar surface area (TPSA) is 99.9 Å². The highest BCUT2D eigenvalue weighted by Gasteiger charge is 2.34. The Morgan fingerprint density at radius 1 is 1.17 bits per heavy atom. The molecule has 0 aliphatic carbocycles. The van der Waals surface area contributed by atoms with Crippen molar-refractivity contribution in [2.45, 2.75) is 0 Å². The second-order valence-electron chi connectivity index (χ2n) is 4.62. The van der Waals surface area contributed by atoms with Gasteiger partial charge in [-0.1, -0.05) is 0 Å². The molecule has 0 radical (unpaired) electrons. The minimum absolute atomic E-state index is 0.116. The predicted octanol–water partition coefficient (Wildman–Crippen LogP) is 2.04. The van der Waals surface area contributed by atoms with E-state index < -0.39 is 17.8 Å². The van der Waals surface area contributed by atoms with Crippen molar-refractivity contribution in [3.05, 3.63) is 57.1 Å². The molecule has 1 fully saturated rings. The molecule has 1 aromatic heterocycles. The second kappa shape index (κ2) is 5.88. The van der Waals surface area contributed by atoms with E-state index in [-0.39, 0.29) is 17.1 Å². The maximum atomic E-state index is 12.4. The Hall–Kier alpha value is -2.62. The number of rotatable bonds is 3. The molecule has 2 aromatic rings. The van der Waals surface area contributed by atoms with Gasteiger partial charge in [-0.2, -0.15) is 0 Å². The highest BCUT2D eigenvalue weighted by molar-refractivity contribution is 14.1. The van der Waals surface area contributed by atoms with Crippen LogP contribution in [0.1, 0.15) is 16.3 Å². The summed E-state index contributed by atoms with van der Waals surface area (Å²) in [5, 5.41) is 9.94. The first-order chi connectivity index (χ1) is 11.0. The van der Waals surface area contributed by atoms with Gasteiger partial charge in [0.2, 0.25) is 5.76 Å². The number of aromatic carboxylic acids is 1. The molecular formula is C15H9IN2O5. The fourth-order valence-electron chi connectivity index (χ4n) is 2.02. The molecule has 0 atom stereocenters. The van der Waals surface area contributed by atoms with E-state index in [0.29, 0.717) is 5.69 Å². The number of hydrazine groups is 1. The maximum absolute atomic E-state index is 12.4. The number of carbonyl (C=O) groups excluding carboxylic acids is 2. The van der Waals surface area contributed by atoms with E-state index in [1.165, 1.54) is 18.2 Å². The minimum atomic E-state index is -1.22. The third-order valence-corrected chi connectivity index (χ3v) is 3.82. The van der Waals surface area contributed by atoms with Gasteiger partial charge in [-0.25, -0.2) is 9.80 Å². The number of carboxylic acids is 1. The third-order valence-electron chi connectivity index (χ3n) is 3.10. The van der Waals surface area contributed by atoms with E-state index in [9.17, 15) is 14.4 Å². The first-order valence-corrected chi connectivity index (χ1v) is 7.49. The highest BCUT2D eigenvalue weighted by atomic mass is 127. The molecular weight excluding hydrogens is 415 g/mol. The smallest absolute Gasteiger partial charge is 0.371 e. The Kier molecular flexibility index (Phi) is 3.90. The number of hydrogen-bond acceptors (Lipinski definition) is 4. The molecule has 116 valence electrons. The molecule has 2 N–H and O–H groups in total. The van der Waals surface area contributed by atoms with Crippen LogP contribution < -0.4 is 10.4 Å². The average molecular weight is 424 g/mol. The lowest BCUT2D eigenvalue weighted by atomic mass is 10.2. The summed E-state index contributed by atoms with van der Waals surface area (Å²) in [6.45, 7) is 0. The van der Waals surface area contributed by atoms with Crippen molar-refractivity contribution in [2.24, 2.45) is 0 Å². The van der Waals surface area contributed by atoms with E-state index in [2.05, 4.69) is 28.0 Å². The maximum Gasteiger partial charge on any atom is 0.371 e. The lowest BCUT2D eigenvalue weighted by Gasteiger charge is -2.14. The number of carboxylic acid groups (broad SMARTS) is 1. The SMILES string of the molecule is O=C1NN(c2ccc(I)cc2)C(=O)/C1=C/c1ccc(C(=O)O)o1. The van der Waals surface area contributed by atoms with Crippen molar-refractivity contribution >= 4 is 52.1 Å². The summed E-state index contributed by atoms with van der Waals surface area (Å²) < 4.78 is 6.03. The second-order valence-corrected chi connectivity index (χ2v) is 5.87. The summed E-state index contributed by atoms with van der Waals surface area (Å²) in [4.78, 5) is 35.1. The van der Waals surface area contributed by atoms with Crippen LogP contribution >= 0.6 is 22.6 Å². The zero-order chi connectivity index (χ0) is 16.6. The number of hydrogen-bond donors (Lipinski definition) is 2. The molecule has 3 rings (SSSR count). The number of halogens is 1. The average Bonchev–Trinajstić information content (AvgIpc) is 3.09. The van der Waals surface area contributed by atoms with Crippen LogP contribution in [-0.2, 0) is 9.59 Å². The molecule has 2 amide bonds. The van der Waals surface area contributed by atoms with E-state index in [1.54, 1.807) is 12.1 Å². The first kappa shape index (κ1) is 15.3. The summed E-state index contributed by atoms with van der Waals surface area (Å²) in [6, 6.07) is 9.66. The number of amides is 2. The van der Waals surface area contributed by atoms with Crippen LogP contribution in [0.25, 0.3) is 6.08 Å². The van der Waals surface area contributed by atoms with Crippen LogP contribution in [0.4, 0.5) is 5.69 Å². The van der Waals surface area contributed by atoms with Crippen molar-refractivity contribution in [3.63, 3.8) is 0 Å². The number of furan rings is 1. The fourth-order valence-corrected chi connectivity index (χ4v) is 2.38. The van der Waals surface area contributed by atoms with Crippen molar-refractivity contribution in [2.75, 3.05) is 5.01 Å². The van der Waals surface area contributed by atoms with Crippen molar-refractivity contribution in [1.29, 1.82) is 0 Å². The van der Waals surface area contributed by atoms with Crippen LogP contribution in [0.2, 0.25) is 0 Å². The molecule has 23 heavy (non-hydrogen) atoms. The molecule has 1 aliphatic rings. The Labute approximate surface area is 143 Å². The van der Waals surface area contributed by atoms with Crippen molar-refractivity contribution in [3.8, 4) is 0 Å². The molecule has 1 aliphatic heterocycles. The number of benzene rings is 1. The zero-order valence-electron chi connectivity index (χ0n) is 11.4. The molecule has 1 aromatic carbocycles. The fraction of sp³-hybridized carbons (Fsp3) is 0. The van der Waals surface area contributed by atoms with Crippen LogP contribution in [0.15, 0.2) is 46.4 Å². The number of nitrogens with one attached hydrogen (secondary N) is 1. The quantitative estimate of drug-likeness (QED) is 0.447. The molecule has 2 heterocycles. The van der Waals surface area contributed by atoms with Crippen molar-refractivity contribution in [1.82, 2.24) is 5.43 Å². The van der Waals surface area contributed by atoms with Gasteiger partial charge in [0.25, 0.3) is 11.8 Å². The predicted molar refractivity (Wildman–Crippen MR) is 88.4 cm³/mol. The Morgan fingerprint density at radius 3 is 2.48 bits per heavy atom. The van der Waals surface area contributed by atoms with Gasteiger partial charge in [0, 0.05) is 3.57 Å². The minimum Gasteiger partial charge on any atom is -0.475 e. The summed E-state index contributed by atoms with van der Waals surface area (Å²) in [6.07, 6.45) is 1.22. The number of nitrogens with zero attached hydrogens (tertiary/aromatic N) is 1. The summed E-state index contributed by atoms with van der Waals surface area (Å²) in [7, 11) is 0. The standard InChI is InChI=1S/C15H9IN2O5/c16-8-1-3-9(4-2-8)18-14(20)11(13(19)17-18)7-10-5-6-12(23-10)15(21)22/h1-7H,(H,17,19)(H,21,22)/b11-7+. The molecule has 0 spiro atoms. The molecule has 0 unspecified atom stereocenters. The third kappa shape index (κ3) is 2.97. The summed E-state index contributed by atoms with van der Waals surface area (Å²) in [5.74, 6) is -2.49. The summed E-state index contributed by atoms with van der Waals surface area (Å²) in [5.41, 5.74) is 2.85. The van der Waals surface area contributed by atoms with E-state index >= 15 is 0 Å². The van der Waals surface area contributed by atoms with Crippen LogP contribution in [-0.4, -0.2) is 22.9 Å². The molecule has 0 saturated carbocycles. The largest absolute Gasteiger partial charge is 0.475 e.